The molecule has 0 spiro atoms. The monoisotopic (exact) mass is 443 g/mol. The fourth-order valence-corrected chi connectivity index (χ4v) is 4.72. The third-order valence-corrected chi connectivity index (χ3v) is 6.93. The molecular formula is C24H21N5O2S. The summed E-state index contributed by atoms with van der Waals surface area (Å²) < 4.78 is 26.7. The van der Waals surface area contributed by atoms with Gasteiger partial charge in [0.05, 0.1) is 22.0 Å². The molecule has 7 nitrogen and oxygen atoms in total. The van der Waals surface area contributed by atoms with Crippen molar-refractivity contribution in [2.45, 2.75) is 23.5 Å². The number of anilines is 1. The third-order valence-electron chi connectivity index (χ3n) is 5.05. The molecule has 32 heavy (non-hydrogen) atoms. The molecule has 2 heterocycles. The number of benzene rings is 2. The number of sulfone groups is 1. The second-order valence-electron chi connectivity index (χ2n) is 7.35. The molecule has 0 saturated carbocycles. The van der Waals surface area contributed by atoms with Gasteiger partial charge in [0.2, 0.25) is 9.84 Å². The zero-order valence-corrected chi connectivity index (χ0v) is 18.2. The minimum Gasteiger partial charge on any atom is -0.368 e. The van der Waals surface area contributed by atoms with Crippen molar-refractivity contribution >= 4 is 26.7 Å². The van der Waals surface area contributed by atoms with Crippen molar-refractivity contribution in [3.8, 4) is 6.07 Å². The molecule has 0 aliphatic carbocycles. The van der Waals surface area contributed by atoms with Crippen molar-refractivity contribution in [2.75, 3.05) is 11.9 Å². The van der Waals surface area contributed by atoms with Crippen molar-refractivity contribution in [1.82, 2.24) is 15.0 Å². The third kappa shape index (κ3) is 4.43. The Kier molecular flexibility index (Phi) is 6.10. The minimum absolute atomic E-state index is 0.0749. The van der Waals surface area contributed by atoms with Crippen LogP contribution in [0.1, 0.15) is 22.1 Å². The Hall–Kier alpha value is -3.83. The quantitative estimate of drug-likeness (QED) is 0.459. The molecule has 4 aromatic rings. The summed E-state index contributed by atoms with van der Waals surface area (Å²) in [5, 5.41) is 11.6. The predicted molar refractivity (Wildman–Crippen MR) is 123 cm³/mol. The number of fused-ring (bicyclic) bond motifs is 1. The number of nitrogens with one attached hydrogen (secondary N) is 1. The van der Waals surface area contributed by atoms with Gasteiger partial charge in [-0.05, 0) is 49.2 Å². The van der Waals surface area contributed by atoms with Crippen LogP contribution in [0.5, 0.6) is 0 Å². The van der Waals surface area contributed by atoms with Gasteiger partial charge in [-0.3, -0.25) is 4.98 Å². The maximum atomic E-state index is 13.3. The molecule has 1 atom stereocenters. The Balaban J connectivity index is 1.74. The molecule has 8 heteroatoms. The number of para-hydroxylation sites is 2. The van der Waals surface area contributed by atoms with Crippen LogP contribution in [0.15, 0.2) is 78.0 Å². The summed E-state index contributed by atoms with van der Waals surface area (Å²) in [7, 11) is -4.00. The Morgan fingerprint density at radius 1 is 1.00 bits per heavy atom. The molecule has 0 saturated heterocycles. The van der Waals surface area contributed by atoms with E-state index in [1.807, 2.05) is 31.2 Å². The Labute approximate surface area is 186 Å². The van der Waals surface area contributed by atoms with Gasteiger partial charge >= 0.3 is 0 Å². The number of nitriles is 1. The van der Waals surface area contributed by atoms with Crippen LogP contribution >= 0.6 is 0 Å². The molecule has 4 rings (SSSR count). The maximum Gasteiger partial charge on any atom is 0.200 e. The van der Waals surface area contributed by atoms with E-state index < -0.39 is 15.1 Å². The number of aromatic nitrogens is 3. The molecule has 0 aliphatic heterocycles. The lowest BCUT2D eigenvalue weighted by molar-refractivity contribution is 0.590. The molecule has 160 valence electrons. The van der Waals surface area contributed by atoms with E-state index in [0.717, 1.165) is 11.1 Å². The van der Waals surface area contributed by atoms with E-state index in [1.165, 1.54) is 12.1 Å². The summed E-state index contributed by atoms with van der Waals surface area (Å²) in [5.41, 5.74) is 3.20. The van der Waals surface area contributed by atoms with E-state index in [4.69, 9.17) is 0 Å². The second kappa shape index (κ2) is 9.12. The number of aryl methyl sites for hydroxylation is 1. The summed E-state index contributed by atoms with van der Waals surface area (Å²) in [6.45, 7) is 2.35. The lowest BCUT2D eigenvalue weighted by atomic mass is 10.2. The average molecular weight is 444 g/mol. The molecular weight excluding hydrogens is 422 g/mol. The molecule has 0 aliphatic rings. The van der Waals surface area contributed by atoms with Crippen LogP contribution in [0, 0.1) is 18.3 Å². The zero-order chi connectivity index (χ0) is 22.6. The van der Waals surface area contributed by atoms with E-state index in [9.17, 15) is 13.7 Å². The first-order chi connectivity index (χ1) is 15.5. The van der Waals surface area contributed by atoms with Crippen molar-refractivity contribution in [3.05, 3.63) is 89.9 Å². The van der Waals surface area contributed by atoms with Gasteiger partial charge < -0.3 is 5.32 Å². The van der Waals surface area contributed by atoms with E-state index in [-0.39, 0.29) is 16.4 Å². The highest BCUT2D eigenvalue weighted by Crippen LogP contribution is 2.32. The van der Waals surface area contributed by atoms with Crippen LogP contribution in [0.4, 0.5) is 5.82 Å². The highest BCUT2D eigenvalue weighted by molar-refractivity contribution is 7.92. The number of hydrogen-bond donors (Lipinski definition) is 1. The van der Waals surface area contributed by atoms with Crippen LogP contribution in [0.3, 0.4) is 0 Å². The number of hydrogen-bond acceptors (Lipinski definition) is 7. The van der Waals surface area contributed by atoms with Crippen molar-refractivity contribution in [1.29, 1.82) is 5.26 Å². The average Bonchev–Trinajstić information content (AvgIpc) is 2.80. The minimum atomic E-state index is -4.00. The molecule has 0 bridgehead atoms. The molecule has 0 amide bonds. The molecule has 0 unspecified atom stereocenters. The maximum absolute atomic E-state index is 13.3. The Bertz CT molecular complexity index is 1380. The van der Waals surface area contributed by atoms with Crippen LogP contribution in [0.2, 0.25) is 0 Å². The summed E-state index contributed by atoms with van der Waals surface area (Å²) in [6, 6.07) is 19.4. The zero-order valence-electron chi connectivity index (χ0n) is 17.4. The van der Waals surface area contributed by atoms with Gasteiger partial charge in [-0.15, -0.1) is 0 Å². The first kappa shape index (κ1) is 21.4. The van der Waals surface area contributed by atoms with Gasteiger partial charge in [0.25, 0.3) is 0 Å². The van der Waals surface area contributed by atoms with Gasteiger partial charge in [0.15, 0.2) is 11.1 Å². The van der Waals surface area contributed by atoms with E-state index >= 15 is 0 Å². The normalized spacial score (nSPS) is 12.2. The number of nitrogens with zero attached hydrogens (tertiary/aromatic N) is 4. The van der Waals surface area contributed by atoms with Crippen LogP contribution in [-0.4, -0.2) is 29.9 Å². The van der Waals surface area contributed by atoms with Gasteiger partial charge in [-0.25, -0.2) is 18.4 Å². The molecule has 1 N–H and O–H groups in total. The Morgan fingerprint density at radius 3 is 2.38 bits per heavy atom. The molecule has 2 aromatic heterocycles. The second-order valence-corrected chi connectivity index (χ2v) is 9.38. The smallest absolute Gasteiger partial charge is 0.200 e. The van der Waals surface area contributed by atoms with Gasteiger partial charge in [0, 0.05) is 18.9 Å². The summed E-state index contributed by atoms with van der Waals surface area (Å²) in [6.07, 6.45) is 4.13. The van der Waals surface area contributed by atoms with Crippen LogP contribution in [0.25, 0.3) is 11.0 Å². The van der Waals surface area contributed by atoms with E-state index in [0.29, 0.717) is 24.0 Å². The molecule has 0 radical (unpaired) electrons. The first-order valence-corrected chi connectivity index (χ1v) is 11.6. The van der Waals surface area contributed by atoms with E-state index in [2.05, 4.69) is 20.3 Å². The fourth-order valence-electron chi connectivity index (χ4n) is 3.34. The van der Waals surface area contributed by atoms with Gasteiger partial charge in [-0.1, -0.05) is 35.9 Å². The van der Waals surface area contributed by atoms with Crippen molar-refractivity contribution in [2.24, 2.45) is 0 Å². The standard InChI is InChI=1S/C24H21N5O2S/c1-17-8-10-19(11-9-17)32(30,31)22(15-25)23-24(27-14-12-18-5-4-13-26-16-18)29-21-7-3-2-6-20(21)28-23/h2-11,13,16,22H,12,14H2,1H3,(H,27,29)/t22-/m1/s1. The highest BCUT2D eigenvalue weighted by Gasteiger charge is 2.33. The molecule has 0 fully saturated rings. The fraction of sp³-hybridized carbons (Fsp3) is 0.167. The summed E-state index contributed by atoms with van der Waals surface area (Å²) >= 11 is 0. The van der Waals surface area contributed by atoms with E-state index in [1.54, 1.807) is 42.7 Å². The van der Waals surface area contributed by atoms with Gasteiger partial charge in [0.1, 0.15) is 5.69 Å². The first-order valence-electron chi connectivity index (χ1n) is 10.1. The summed E-state index contributed by atoms with van der Waals surface area (Å²) in [4.78, 5) is 13.3. The number of pyridine rings is 1. The van der Waals surface area contributed by atoms with Crippen molar-refractivity contribution < 1.29 is 8.42 Å². The SMILES string of the molecule is Cc1ccc(S(=O)(=O)[C@H](C#N)c2nc3ccccc3nc2NCCc2cccnc2)cc1. The van der Waals surface area contributed by atoms with Crippen molar-refractivity contribution in [3.63, 3.8) is 0 Å². The lowest BCUT2D eigenvalue weighted by Gasteiger charge is -2.16. The Morgan fingerprint density at radius 2 is 1.72 bits per heavy atom. The predicted octanol–water partition coefficient (Wildman–Crippen LogP) is 4.03. The largest absolute Gasteiger partial charge is 0.368 e. The highest BCUT2D eigenvalue weighted by atomic mass is 32.2. The summed E-state index contributed by atoms with van der Waals surface area (Å²) in [5.74, 6) is 0.287. The topological polar surface area (TPSA) is 109 Å². The van der Waals surface area contributed by atoms with Gasteiger partial charge in [-0.2, -0.15) is 5.26 Å². The van der Waals surface area contributed by atoms with Crippen LogP contribution in [-0.2, 0) is 16.3 Å². The lowest BCUT2D eigenvalue weighted by Crippen LogP contribution is -2.18. The van der Waals surface area contributed by atoms with Crippen LogP contribution < -0.4 is 5.32 Å². The number of rotatable bonds is 7. The molecule has 2 aromatic carbocycles.